The predicted octanol–water partition coefficient (Wildman–Crippen LogP) is 1.95. The van der Waals surface area contributed by atoms with Gasteiger partial charge in [-0.1, -0.05) is 0 Å². The van der Waals surface area contributed by atoms with Gasteiger partial charge in [0.2, 0.25) is 0 Å². The van der Waals surface area contributed by atoms with Crippen LogP contribution < -0.4 is 5.32 Å². The molecular formula is C11H9F2N3O. The molecule has 0 saturated heterocycles. The Morgan fingerprint density at radius 1 is 1.35 bits per heavy atom. The molecule has 0 fully saturated rings. The molecule has 1 N–H and O–H groups in total. The number of benzene rings is 1. The summed E-state index contributed by atoms with van der Waals surface area (Å²) in [6.45, 7) is 0. The quantitative estimate of drug-likeness (QED) is 0.867. The molecule has 6 heteroatoms. The number of aryl methyl sites for hydroxylation is 1. The molecule has 1 amide bonds. The SMILES string of the molecule is Cn1cncc1C(=O)Nc1ccc(F)c(F)c1. The van der Waals surface area contributed by atoms with E-state index in [-0.39, 0.29) is 5.69 Å². The van der Waals surface area contributed by atoms with Crippen LogP contribution in [0, 0.1) is 11.6 Å². The molecule has 0 aliphatic rings. The topological polar surface area (TPSA) is 46.9 Å². The van der Waals surface area contributed by atoms with Crippen molar-refractivity contribution < 1.29 is 13.6 Å². The number of halogens is 2. The van der Waals surface area contributed by atoms with Crippen LogP contribution in [0.3, 0.4) is 0 Å². The number of hydrogen-bond donors (Lipinski definition) is 1. The van der Waals surface area contributed by atoms with Crippen LogP contribution in [0.5, 0.6) is 0 Å². The average Bonchev–Trinajstić information content (AvgIpc) is 2.70. The van der Waals surface area contributed by atoms with Crippen LogP contribution in [0.15, 0.2) is 30.7 Å². The highest BCUT2D eigenvalue weighted by Gasteiger charge is 2.11. The average molecular weight is 237 g/mol. The fraction of sp³-hybridized carbons (Fsp3) is 0.0909. The van der Waals surface area contributed by atoms with Crippen LogP contribution in [-0.4, -0.2) is 15.5 Å². The first kappa shape index (κ1) is 11.3. The number of rotatable bonds is 2. The van der Waals surface area contributed by atoms with Gasteiger partial charge in [0, 0.05) is 18.8 Å². The molecule has 0 radical (unpaired) electrons. The van der Waals surface area contributed by atoms with Gasteiger partial charge in [-0.2, -0.15) is 0 Å². The van der Waals surface area contributed by atoms with Crippen LogP contribution in [0.2, 0.25) is 0 Å². The molecule has 1 heterocycles. The van der Waals surface area contributed by atoms with Gasteiger partial charge in [0.15, 0.2) is 11.6 Å². The second kappa shape index (κ2) is 4.32. The molecule has 1 aromatic carbocycles. The Bertz CT molecular complexity index is 566. The van der Waals surface area contributed by atoms with Crippen LogP contribution in [-0.2, 0) is 7.05 Å². The molecule has 0 saturated carbocycles. The van der Waals surface area contributed by atoms with E-state index in [0.717, 1.165) is 12.1 Å². The Hall–Kier alpha value is -2.24. The summed E-state index contributed by atoms with van der Waals surface area (Å²) in [5.41, 5.74) is 0.518. The van der Waals surface area contributed by atoms with Crippen molar-refractivity contribution in [3.8, 4) is 0 Å². The highest BCUT2D eigenvalue weighted by molar-refractivity contribution is 6.02. The van der Waals surface area contributed by atoms with E-state index < -0.39 is 17.5 Å². The maximum atomic E-state index is 12.9. The largest absolute Gasteiger partial charge is 0.330 e. The van der Waals surface area contributed by atoms with Crippen LogP contribution in [0.25, 0.3) is 0 Å². The van der Waals surface area contributed by atoms with Gasteiger partial charge in [0.1, 0.15) is 5.69 Å². The zero-order valence-corrected chi connectivity index (χ0v) is 8.95. The third-order valence-corrected chi connectivity index (χ3v) is 2.23. The van der Waals surface area contributed by atoms with Crippen LogP contribution in [0.4, 0.5) is 14.5 Å². The summed E-state index contributed by atoms with van der Waals surface area (Å²) in [6.07, 6.45) is 2.86. The van der Waals surface area contributed by atoms with Gasteiger partial charge in [-0.15, -0.1) is 0 Å². The van der Waals surface area contributed by atoms with Gasteiger partial charge < -0.3 is 9.88 Å². The monoisotopic (exact) mass is 237 g/mol. The summed E-state index contributed by atoms with van der Waals surface area (Å²) in [7, 11) is 1.66. The van der Waals surface area contributed by atoms with Gasteiger partial charge >= 0.3 is 0 Å². The Morgan fingerprint density at radius 3 is 2.71 bits per heavy atom. The van der Waals surface area contributed by atoms with Crippen molar-refractivity contribution in [2.45, 2.75) is 0 Å². The van der Waals surface area contributed by atoms with Gasteiger partial charge in [-0.05, 0) is 12.1 Å². The molecule has 4 nitrogen and oxygen atoms in total. The van der Waals surface area contributed by atoms with Crippen LogP contribution in [0.1, 0.15) is 10.5 Å². The number of hydrogen-bond acceptors (Lipinski definition) is 2. The molecule has 0 spiro atoms. The molecule has 0 atom stereocenters. The molecule has 0 aliphatic heterocycles. The highest BCUT2D eigenvalue weighted by Crippen LogP contribution is 2.14. The number of aromatic nitrogens is 2. The third kappa shape index (κ3) is 2.30. The van der Waals surface area contributed by atoms with Crippen molar-refractivity contribution in [1.29, 1.82) is 0 Å². The first-order chi connectivity index (χ1) is 8.08. The second-order valence-electron chi connectivity index (χ2n) is 3.47. The number of imidazole rings is 1. The van der Waals surface area contributed by atoms with E-state index in [1.54, 1.807) is 7.05 Å². The van der Waals surface area contributed by atoms with Crippen molar-refractivity contribution in [1.82, 2.24) is 9.55 Å². The number of carbonyl (C=O) groups excluding carboxylic acids is 1. The third-order valence-electron chi connectivity index (χ3n) is 2.23. The number of anilines is 1. The molecular weight excluding hydrogens is 228 g/mol. The lowest BCUT2D eigenvalue weighted by molar-refractivity contribution is 0.101. The fourth-order valence-electron chi connectivity index (χ4n) is 1.35. The van der Waals surface area contributed by atoms with Crippen molar-refractivity contribution in [2.24, 2.45) is 7.05 Å². The van der Waals surface area contributed by atoms with E-state index in [9.17, 15) is 13.6 Å². The van der Waals surface area contributed by atoms with E-state index in [1.807, 2.05) is 0 Å². The van der Waals surface area contributed by atoms with Crippen LogP contribution >= 0.6 is 0 Å². The Morgan fingerprint density at radius 2 is 2.12 bits per heavy atom. The minimum atomic E-state index is -1.01. The minimum Gasteiger partial charge on any atom is -0.330 e. The van der Waals surface area contributed by atoms with Gasteiger partial charge in [-0.3, -0.25) is 4.79 Å². The summed E-state index contributed by atoms with van der Waals surface area (Å²) in [6, 6.07) is 3.16. The van der Waals surface area contributed by atoms with Crippen molar-refractivity contribution >= 4 is 11.6 Å². The summed E-state index contributed by atoms with van der Waals surface area (Å²) in [4.78, 5) is 15.5. The molecule has 0 unspecified atom stereocenters. The summed E-state index contributed by atoms with van der Waals surface area (Å²) in [5, 5.41) is 2.45. The molecule has 2 aromatic rings. The molecule has 1 aromatic heterocycles. The normalized spacial score (nSPS) is 10.3. The lowest BCUT2D eigenvalue weighted by Crippen LogP contribution is -2.15. The van der Waals surface area contributed by atoms with E-state index in [4.69, 9.17) is 0 Å². The molecule has 2 rings (SSSR count). The van der Waals surface area contributed by atoms with Crippen molar-refractivity contribution in [2.75, 3.05) is 5.32 Å². The van der Waals surface area contributed by atoms with Gasteiger partial charge in [0.05, 0.1) is 12.5 Å². The molecule has 17 heavy (non-hydrogen) atoms. The zero-order chi connectivity index (χ0) is 12.4. The first-order valence-corrected chi connectivity index (χ1v) is 4.80. The van der Waals surface area contributed by atoms with Crippen molar-refractivity contribution in [3.63, 3.8) is 0 Å². The fourth-order valence-corrected chi connectivity index (χ4v) is 1.35. The number of nitrogens with one attached hydrogen (secondary N) is 1. The number of amides is 1. The lowest BCUT2D eigenvalue weighted by atomic mass is 10.3. The summed E-state index contributed by atoms with van der Waals surface area (Å²) < 4.78 is 27.1. The smallest absolute Gasteiger partial charge is 0.273 e. The van der Waals surface area contributed by atoms with Crippen molar-refractivity contribution in [3.05, 3.63) is 48.1 Å². The Labute approximate surface area is 95.9 Å². The first-order valence-electron chi connectivity index (χ1n) is 4.80. The lowest BCUT2D eigenvalue weighted by Gasteiger charge is -2.05. The Balaban J connectivity index is 2.19. The second-order valence-corrected chi connectivity index (χ2v) is 3.47. The molecule has 88 valence electrons. The van der Waals surface area contributed by atoms with E-state index in [2.05, 4.69) is 10.3 Å². The standard InChI is InChI=1S/C11H9F2N3O/c1-16-6-14-5-10(16)11(17)15-7-2-3-8(12)9(13)4-7/h2-6H,1H3,(H,15,17). The van der Waals surface area contributed by atoms with Gasteiger partial charge in [-0.25, -0.2) is 13.8 Å². The summed E-state index contributed by atoms with van der Waals surface area (Å²) >= 11 is 0. The minimum absolute atomic E-state index is 0.190. The predicted molar refractivity (Wildman–Crippen MR) is 57.5 cm³/mol. The Kier molecular flexibility index (Phi) is 2.86. The van der Waals surface area contributed by atoms with E-state index in [1.165, 1.54) is 23.2 Å². The molecule has 0 aliphatic carbocycles. The van der Waals surface area contributed by atoms with E-state index in [0.29, 0.717) is 5.69 Å². The zero-order valence-electron chi connectivity index (χ0n) is 8.95. The van der Waals surface area contributed by atoms with Gasteiger partial charge in [0.25, 0.3) is 5.91 Å². The maximum absolute atomic E-state index is 12.9. The number of nitrogens with zero attached hydrogens (tertiary/aromatic N) is 2. The highest BCUT2D eigenvalue weighted by atomic mass is 19.2. The number of carbonyl (C=O) groups is 1. The maximum Gasteiger partial charge on any atom is 0.273 e. The molecule has 0 bridgehead atoms. The summed E-state index contributed by atoms with van der Waals surface area (Å²) in [5.74, 6) is -2.40. The van der Waals surface area contributed by atoms with E-state index >= 15 is 0 Å².